The summed E-state index contributed by atoms with van der Waals surface area (Å²) in [6.45, 7) is 3.35. The molecular formula is C11H16N2O6S2. The van der Waals surface area contributed by atoms with Crippen LogP contribution >= 0.6 is 0 Å². The highest BCUT2D eigenvalue weighted by Crippen LogP contribution is 2.15. The SMILES string of the molecule is CC(C)NS(=O)(=O)c1ccc(NS(=O)(=O)CC(=O)O)cc1. The van der Waals surface area contributed by atoms with Crippen LogP contribution in [0.4, 0.5) is 5.69 Å². The summed E-state index contributed by atoms with van der Waals surface area (Å²) in [7, 11) is -7.68. The van der Waals surface area contributed by atoms with Gasteiger partial charge in [-0.2, -0.15) is 0 Å². The Bertz CT molecular complexity index is 708. The monoisotopic (exact) mass is 336 g/mol. The summed E-state index contributed by atoms with van der Waals surface area (Å²) in [6.07, 6.45) is 0. The molecular weight excluding hydrogens is 320 g/mol. The van der Waals surface area contributed by atoms with Crippen molar-refractivity contribution in [1.29, 1.82) is 0 Å². The van der Waals surface area contributed by atoms with Crippen LogP contribution in [0.5, 0.6) is 0 Å². The van der Waals surface area contributed by atoms with Gasteiger partial charge in [0.25, 0.3) is 0 Å². The van der Waals surface area contributed by atoms with Crippen molar-refractivity contribution in [2.45, 2.75) is 24.8 Å². The van der Waals surface area contributed by atoms with Crippen LogP contribution < -0.4 is 9.44 Å². The molecule has 0 aliphatic rings. The topological polar surface area (TPSA) is 130 Å². The van der Waals surface area contributed by atoms with Gasteiger partial charge in [-0.1, -0.05) is 0 Å². The smallest absolute Gasteiger partial charge is 0.320 e. The Morgan fingerprint density at radius 2 is 1.67 bits per heavy atom. The summed E-state index contributed by atoms with van der Waals surface area (Å²) in [4.78, 5) is 10.4. The van der Waals surface area contributed by atoms with E-state index in [1.165, 1.54) is 24.3 Å². The molecule has 0 spiro atoms. The van der Waals surface area contributed by atoms with E-state index in [-0.39, 0.29) is 16.6 Å². The molecule has 0 fully saturated rings. The number of hydrogen-bond acceptors (Lipinski definition) is 5. The van der Waals surface area contributed by atoms with E-state index in [4.69, 9.17) is 5.11 Å². The highest BCUT2D eigenvalue weighted by Gasteiger charge is 2.17. The lowest BCUT2D eigenvalue weighted by molar-refractivity contribution is -0.134. The quantitative estimate of drug-likeness (QED) is 0.652. The number of aliphatic carboxylic acids is 1. The first-order valence-corrected chi connectivity index (χ1v) is 9.00. The molecule has 0 unspecified atom stereocenters. The molecule has 0 aromatic heterocycles. The van der Waals surface area contributed by atoms with Gasteiger partial charge in [-0.15, -0.1) is 0 Å². The second kappa shape index (κ2) is 6.41. The van der Waals surface area contributed by atoms with Gasteiger partial charge < -0.3 is 5.11 Å². The molecule has 0 aliphatic carbocycles. The van der Waals surface area contributed by atoms with Gasteiger partial charge in [0.05, 0.1) is 4.90 Å². The van der Waals surface area contributed by atoms with E-state index in [2.05, 4.69) is 4.72 Å². The standard InChI is InChI=1S/C11H16N2O6S2/c1-8(2)12-21(18,19)10-5-3-9(4-6-10)13-20(16,17)7-11(14)15/h3-6,8,12-13H,7H2,1-2H3,(H,14,15). The van der Waals surface area contributed by atoms with Crippen molar-refractivity contribution in [1.82, 2.24) is 4.72 Å². The largest absolute Gasteiger partial charge is 0.480 e. The highest BCUT2D eigenvalue weighted by atomic mass is 32.2. The summed E-state index contributed by atoms with van der Waals surface area (Å²) >= 11 is 0. The fourth-order valence-corrected chi connectivity index (χ4v) is 3.60. The van der Waals surface area contributed by atoms with Crippen molar-refractivity contribution in [2.75, 3.05) is 10.5 Å². The summed E-state index contributed by atoms with van der Waals surface area (Å²) in [6, 6.07) is 4.67. The van der Waals surface area contributed by atoms with E-state index < -0.39 is 31.8 Å². The van der Waals surface area contributed by atoms with Crippen LogP contribution in [0.2, 0.25) is 0 Å². The Morgan fingerprint density at radius 3 is 2.10 bits per heavy atom. The number of carboxylic acid groups (broad SMARTS) is 1. The second-order valence-electron chi connectivity index (χ2n) is 4.56. The Labute approximate surface area is 123 Å². The number of sulfonamides is 2. The maximum atomic E-state index is 11.9. The van der Waals surface area contributed by atoms with Crippen LogP contribution in [0.25, 0.3) is 0 Å². The van der Waals surface area contributed by atoms with E-state index in [1.54, 1.807) is 13.8 Å². The van der Waals surface area contributed by atoms with Gasteiger partial charge in [0.15, 0.2) is 5.75 Å². The molecule has 0 aliphatic heterocycles. The zero-order valence-corrected chi connectivity index (χ0v) is 13.0. The van der Waals surface area contributed by atoms with Crippen LogP contribution in [-0.4, -0.2) is 39.7 Å². The van der Waals surface area contributed by atoms with Crippen molar-refractivity contribution >= 4 is 31.7 Å². The molecule has 3 N–H and O–H groups in total. The number of hydrogen-bond donors (Lipinski definition) is 3. The van der Waals surface area contributed by atoms with E-state index in [0.29, 0.717) is 0 Å². The lowest BCUT2D eigenvalue weighted by Crippen LogP contribution is -2.30. The maximum absolute atomic E-state index is 11.9. The van der Waals surface area contributed by atoms with Crippen LogP contribution in [0.15, 0.2) is 29.2 Å². The fraction of sp³-hybridized carbons (Fsp3) is 0.364. The molecule has 1 rings (SSSR count). The number of nitrogens with one attached hydrogen (secondary N) is 2. The molecule has 0 amide bonds. The zero-order chi connectivity index (χ0) is 16.3. The molecule has 0 heterocycles. The van der Waals surface area contributed by atoms with Crippen molar-refractivity contribution in [2.24, 2.45) is 0 Å². The number of rotatable bonds is 7. The Balaban J connectivity index is 2.91. The molecule has 0 radical (unpaired) electrons. The molecule has 8 nitrogen and oxygen atoms in total. The summed E-state index contributed by atoms with van der Waals surface area (Å²) in [5.74, 6) is -2.55. The molecule has 1 aromatic rings. The van der Waals surface area contributed by atoms with Gasteiger partial charge in [0.1, 0.15) is 0 Å². The maximum Gasteiger partial charge on any atom is 0.320 e. The lowest BCUT2D eigenvalue weighted by Gasteiger charge is -2.10. The van der Waals surface area contributed by atoms with Crippen molar-refractivity contribution in [3.05, 3.63) is 24.3 Å². The van der Waals surface area contributed by atoms with Gasteiger partial charge in [-0.25, -0.2) is 21.6 Å². The van der Waals surface area contributed by atoms with E-state index in [0.717, 1.165) is 0 Å². The molecule has 0 atom stereocenters. The second-order valence-corrected chi connectivity index (χ2v) is 7.99. The van der Waals surface area contributed by atoms with Crippen LogP contribution in [0, 0.1) is 0 Å². The van der Waals surface area contributed by atoms with Gasteiger partial charge >= 0.3 is 5.97 Å². The first kappa shape index (κ1) is 17.4. The molecule has 0 bridgehead atoms. The Kier molecular flexibility index (Phi) is 5.31. The number of anilines is 1. The van der Waals surface area contributed by atoms with Gasteiger partial charge in [-0.05, 0) is 38.1 Å². The summed E-state index contributed by atoms with van der Waals surface area (Å²) in [5, 5.41) is 8.46. The van der Waals surface area contributed by atoms with Crippen molar-refractivity contribution < 1.29 is 26.7 Å². The first-order valence-electron chi connectivity index (χ1n) is 5.86. The van der Waals surface area contributed by atoms with Gasteiger partial charge in [0.2, 0.25) is 20.0 Å². The average Bonchev–Trinajstić information content (AvgIpc) is 2.25. The van der Waals surface area contributed by atoms with Crippen molar-refractivity contribution in [3.63, 3.8) is 0 Å². The molecule has 21 heavy (non-hydrogen) atoms. The Morgan fingerprint density at radius 1 is 1.14 bits per heavy atom. The number of carbonyl (C=O) groups is 1. The summed E-state index contributed by atoms with van der Waals surface area (Å²) < 4.78 is 51.0. The van der Waals surface area contributed by atoms with E-state index in [9.17, 15) is 21.6 Å². The lowest BCUT2D eigenvalue weighted by atomic mass is 10.3. The number of benzene rings is 1. The first-order chi connectivity index (χ1) is 9.52. The predicted octanol–water partition coefficient (Wildman–Crippen LogP) is 0.200. The predicted molar refractivity (Wildman–Crippen MR) is 76.9 cm³/mol. The van der Waals surface area contributed by atoms with E-state index >= 15 is 0 Å². The third-order valence-corrected chi connectivity index (χ3v) is 4.99. The third-order valence-electron chi connectivity index (χ3n) is 2.14. The third kappa shape index (κ3) is 5.69. The average molecular weight is 336 g/mol. The van der Waals surface area contributed by atoms with Gasteiger partial charge in [0, 0.05) is 11.7 Å². The minimum Gasteiger partial charge on any atom is -0.480 e. The van der Waals surface area contributed by atoms with E-state index in [1.807, 2.05) is 4.72 Å². The minimum atomic E-state index is -4.02. The fourth-order valence-electron chi connectivity index (χ4n) is 1.46. The van der Waals surface area contributed by atoms with Crippen molar-refractivity contribution in [3.8, 4) is 0 Å². The van der Waals surface area contributed by atoms with Crippen LogP contribution in [0.3, 0.4) is 0 Å². The number of carboxylic acids is 1. The molecule has 0 saturated carbocycles. The van der Waals surface area contributed by atoms with Crippen LogP contribution in [0.1, 0.15) is 13.8 Å². The molecule has 1 aromatic carbocycles. The minimum absolute atomic E-state index is 0.0163. The normalized spacial score (nSPS) is 12.3. The highest BCUT2D eigenvalue weighted by molar-refractivity contribution is 7.93. The Hall–Kier alpha value is -1.65. The molecule has 0 saturated heterocycles. The molecule has 118 valence electrons. The summed E-state index contributed by atoms with van der Waals surface area (Å²) in [5.41, 5.74) is 0.0831. The zero-order valence-electron chi connectivity index (χ0n) is 11.4. The molecule has 10 heteroatoms. The van der Waals surface area contributed by atoms with Crippen LogP contribution in [-0.2, 0) is 24.8 Å². The van der Waals surface area contributed by atoms with Gasteiger partial charge in [-0.3, -0.25) is 9.52 Å².